The topological polar surface area (TPSA) is 0 Å². The normalized spacial score (nSPS) is 10.2. The highest BCUT2D eigenvalue weighted by Crippen LogP contribution is 1.79. The molecule has 0 aromatic heterocycles. The third-order valence-electron chi connectivity index (χ3n) is 1.71. The van der Waals surface area contributed by atoms with Gasteiger partial charge in [0, 0.05) is 0 Å². The summed E-state index contributed by atoms with van der Waals surface area (Å²) >= 11 is 0. The Morgan fingerprint density at radius 2 is 1.25 bits per heavy atom. The van der Waals surface area contributed by atoms with Crippen molar-refractivity contribution < 1.29 is 0 Å². The van der Waals surface area contributed by atoms with E-state index < -0.39 is 0 Å². The molecule has 0 aliphatic heterocycles. The monoisotopic (exact) mass is 214 g/mol. The molecule has 1 aliphatic carbocycles. The van der Waals surface area contributed by atoms with Gasteiger partial charge in [-0.1, -0.05) is 58.4 Å². The maximum absolute atomic E-state index is 3.03. The number of benzene rings is 1. The van der Waals surface area contributed by atoms with Gasteiger partial charge in [-0.05, 0) is 34.7 Å². The van der Waals surface area contributed by atoms with Gasteiger partial charge in [0.2, 0.25) is 0 Å². The number of allylic oxidation sites excluding steroid dienone is 1. The summed E-state index contributed by atoms with van der Waals surface area (Å²) in [6, 6.07) is 8.29. The summed E-state index contributed by atoms with van der Waals surface area (Å²) in [7, 11) is 0. The molecule has 0 saturated carbocycles. The summed E-state index contributed by atoms with van der Waals surface area (Å²) in [5, 5.41) is 2.52. The molecule has 1 aromatic rings. The molecule has 16 heavy (non-hydrogen) atoms. The van der Waals surface area contributed by atoms with Crippen LogP contribution in [-0.2, 0) is 0 Å². The molecule has 0 fully saturated rings. The Balaban J connectivity index is 0.000000394. The van der Waals surface area contributed by atoms with Crippen molar-refractivity contribution in [1.82, 2.24) is 0 Å². The van der Waals surface area contributed by atoms with Crippen molar-refractivity contribution in [2.24, 2.45) is 0 Å². The largest absolute Gasteiger partial charge is 0.121 e. The third kappa shape index (κ3) is 5.38. The third-order valence-corrected chi connectivity index (χ3v) is 1.71. The van der Waals surface area contributed by atoms with Gasteiger partial charge in [-0.2, -0.15) is 0 Å². The van der Waals surface area contributed by atoms with E-state index in [1.165, 1.54) is 16.9 Å². The SMILES string of the molecule is C1=CC=c2ccccc2=CC=1.CC.CCC. The quantitative estimate of drug-likeness (QED) is 0.581. The van der Waals surface area contributed by atoms with Gasteiger partial charge in [-0.25, -0.2) is 0 Å². The number of hydrogen-bond donors (Lipinski definition) is 0. The number of fused-ring (bicyclic) bond motifs is 1. The van der Waals surface area contributed by atoms with Gasteiger partial charge in [-0.3, -0.25) is 0 Å². The minimum atomic E-state index is 1.25. The predicted molar refractivity (Wildman–Crippen MR) is 74.6 cm³/mol. The van der Waals surface area contributed by atoms with E-state index in [4.69, 9.17) is 0 Å². The van der Waals surface area contributed by atoms with E-state index in [-0.39, 0.29) is 0 Å². The van der Waals surface area contributed by atoms with Crippen LogP contribution < -0.4 is 10.4 Å². The number of rotatable bonds is 0. The fourth-order valence-corrected chi connectivity index (χ4v) is 1.15. The Hall–Kier alpha value is -1.52. The second-order valence-corrected chi connectivity index (χ2v) is 3.17. The molecule has 0 atom stereocenters. The van der Waals surface area contributed by atoms with Crippen molar-refractivity contribution >= 4 is 12.2 Å². The van der Waals surface area contributed by atoms with Crippen LogP contribution in [0.4, 0.5) is 0 Å². The Morgan fingerprint density at radius 1 is 0.875 bits per heavy atom. The second-order valence-electron chi connectivity index (χ2n) is 3.17. The average molecular weight is 214 g/mol. The minimum Gasteiger partial charge on any atom is -0.121 e. The van der Waals surface area contributed by atoms with Crippen LogP contribution in [0.15, 0.2) is 42.1 Å². The van der Waals surface area contributed by atoms with Crippen LogP contribution in [-0.4, -0.2) is 0 Å². The second kappa shape index (κ2) is 10.0. The highest BCUT2D eigenvalue weighted by molar-refractivity contribution is 5.47. The molecule has 0 unspecified atom stereocenters. The maximum Gasteiger partial charge on any atom is -0.0178 e. The van der Waals surface area contributed by atoms with Crippen LogP contribution in [0.25, 0.3) is 12.2 Å². The lowest BCUT2D eigenvalue weighted by Crippen LogP contribution is -2.22. The van der Waals surface area contributed by atoms with Gasteiger partial charge in [0.1, 0.15) is 0 Å². The van der Waals surface area contributed by atoms with Gasteiger partial charge < -0.3 is 0 Å². The highest BCUT2D eigenvalue weighted by Gasteiger charge is 1.81. The van der Waals surface area contributed by atoms with Crippen molar-refractivity contribution in [3.63, 3.8) is 0 Å². The van der Waals surface area contributed by atoms with Crippen LogP contribution in [0.3, 0.4) is 0 Å². The Morgan fingerprint density at radius 3 is 1.62 bits per heavy atom. The molecular formula is C16H22. The fraction of sp³-hybridized carbons (Fsp3) is 0.312. The first-order valence-electron chi connectivity index (χ1n) is 6.06. The first kappa shape index (κ1) is 14.5. The summed E-state index contributed by atoms with van der Waals surface area (Å²) < 4.78 is 0. The highest BCUT2D eigenvalue weighted by atomic mass is 13.9. The molecular weight excluding hydrogens is 192 g/mol. The van der Waals surface area contributed by atoms with E-state index in [0.29, 0.717) is 0 Å². The van der Waals surface area contributed by atoms with Crippen LogP contribution in [0, 0.1) is 0 Å². The molecule has 0 N–H and O–H groups in total. The van der Waals surface area contributed by atoms with E-state index in [1.807, 2.05) is 38.1 Å². The van der Waals surface area contributed by atoms with Gasteiger partial charge >= 0.3 is 0 Å². The molecule has 0 amide bonds. The summed E-state index contributed by atoms with van der Waals surface area (Å²) in [4.78, 5) is 0. The van der Waals surface area contributed by atoms with Gasteiger partial charge in [0.25, 0.3) is 0 Å². The molecule has 0 spiro atoms. The van der Waals surface area contributed by atoms with Crippen LogP contribution >= 0.6 is 0 Å². The number of hydrogen-bond acceptors (Lipinski definition) is 0. The van der Waals surface area contributed by atoms with Gasteiger partial charge in [0.05, 0.1) is 0 Å². The van der Waals surface area contributed by atoms with Gasteiger partial charge in [-0.15, -0.1) is 5.73 Å². The lowest BCUT2D eigenvalue weighted by atomic mass is 10.2. The lowest BCUT2D eigenvalue weighted by Gasteiger charge is -1.84. The van der Waals surface area contributed by atoms with E-state index in [2.05, 4.69) is 43.9 Å². The van der Waals surface area contributed by atoms with E-state index in [9.17, 15) is 0 Å². The molecule has 0 radical (unpaired) electrons. The van der Waals surface area contributed by atoms with Crippen LogP contribution in [0.2, 0.25) is 0 Å². The first-order valence-corrected chi connectivity index (χ1v) is 6.06. The molecule has 0 heterocycles. The van der Waals surface area contributed by atoms with E-state index in [1.54, 1.807) is 0 Å². The standard InChI is InChI=1S/C11H8.C3H8.C2H6/c1-2-6-10-8-4-5-9-11(10)7-3-1;1-3-2;1-2/h2-9H;3H2,1-2H3;1-2H3. The summed E-state index contributed by atoms with van der Waals surface area (Å²) in [5.41, 5.74) is 3.03. The van der Waals surface area contributed by atoms with E-state index in [0.717, 1.165) is 0 Å². The molecule has 0 heteroatoms. The molecule has 0 saturated heterocycles. The van der Waals surface area contributed by atoms with Crippen LogP contribution in [0.1, 0.15) is 34.1 Å². The Labute approximate surface area is 99.3 Å². The van der Waals surface area contributed by atoms with Crippen molar-refractivity contribution in [2.45, 2.75) is 34.1 Å². The summed E-state index contributed by atoms with van der Waals surface area (Å²) in [6.45, 7) is 8.25. The van der Waals surface area contributed by atoms with Crippen molar-refractivity contribution in [3.8, 4) is 0 Å². The van der Waals surface area contributed by atoms with Crippen molar-refractivity contribution in [2.75, 3.05) is 0 Å². The smallest absolute Gasteiger partial charge is 0.0178 e. The zero-order chi connectivity index (χ0) is 12.2. The lowest BCUT2D eigenvalue weighted by molar-refractivity contribution is 1.09. The first-order chi connectivity index (χ1) is 7.88. The Bertz CT molecular complexity index is 404. The van der Waals surface area contributed by atoms with Gasteiger partial charge in [0.15, 0.2) is 0 Å². The molecule has 2 rings (SSSR count). The predicted octanol–water partition coefficient (Wildman–Crippen LogP) is 3.42. The van der Waals surface area contributed by atoms with Crippen molar-refractivity contribution in [1.29, 1.82) is 0 Å². The fourth-order valence-electron chi connectivity index (χ4n) is 1.15. The summed E-state index contributed by atoms with van der Waals surface area (Å²) in [5.74, 6) is 0. The molecule has 1 aliphatic rings. The maximum atomic E-state index is 3.03. The average Bonchev–Trinajstić information content (AvgIpc) is 2.57. The zero-order valence-corrected chi connectivity index (χ0v) is 10.8. The van der Waals surface area contributed by atoms with Crippen molar-refractivity contribution in [3.05, 3.63) is 52.6 Å². The summed E-state index contributed by atoms with van der Waals surface area (Å²) in [6.07, 6.45) is 9.25. The van der Waals surface area contributed by atoms with E-state index >= 15 is 0 Å². The molecule has 0 nitrogen and oxygen atoms in total. The van der Waals surface area contributed by atoms with Crippen LogP contribution in [0.5, 0.6) is 0 Å². The zero-order valence-electron chi connectivity index (χ0n) is 10.8. The Kier molecular flexibility index (Phi) is 9.06. The molecule has 0 bridgehead atoms. The molecule has 1 aromatic carbocycles. The molecule has 86 valence electrons. The minimum absolute atomic E-state index is 1.25.